The van der Waals surface area contributed by atoms with Crippen LogP contribution in [0.2, 0.25) is 0 Å². The summed E-state index contributed by atoms with van der Waals surface area (Å²) >= 11 is 0. The summed E-state index contributed by atoms with van der Waals surface area (Å²) in [7, 11) is 0. The van der Waals surface area contributed by atoms with Crippen molar-refractivity contribution in [3.05, 3.63) is 24.1 Å². The highest BCUT2D eigenvalue weighted by Gasteiger charge is 2.20. The average molecular weight is 302 g/mol. The van der Waals surface area contributed by atoms with Gasteiger partial charge >= 0.3 is 0 Å². The fourth-order valence-electron chi connectivity index (χ4n) is 2.27. The van der Waals surface area contributed by atoms with E-state index in [0.717, 1.165) is 19.3 Å². The first-order chi connectivity index (χ1) is 10.6. The van der Waals surface area contributed by atoms with Gasteiger partial charge in [0.15, 0.2) is 17.6 Å². The molecular formula is C17H22N2O3. The number of carbonyl (C=O) groups is 2. The van der Waals surface area contributed by atoms with Crippen molar-refractivity contribution >= 4 is 29.0 Å². The van der Waals surface area contributed by atoms with E-state index in [0.29, 0.717) is 29.0 Å². The normalized spacial score (nSPS) is 13.8. The monoisotopic (exact) mass is 302 g/mol. The van der Waals surface area contributed by atoms with Gasteiger partial charge in [0.05, 0.1) is 0 Å². The van der Waals surface area contributed by atoms with Crippen LogP contribution >= 0.6 is 0 Å². The third kappa shape index (κ3) is 3.53. The summed E-state index contributed by atoms with van der Waals surface area (Å²) in [5, 5.41) is 2.80. The molecule has 0 saturated carbocycles. The van der Waals surface area contributed by atoms with Gasteiger partial charge < -0.3 is 9.73 Å². The van der Waals surface area contributed by atoms with Crippen LogP contribution in [0.4, 0.5) is 5.69 Å². The lowest BCUT2D eigenvalue weighted by Gasteiger charge is -2.14. The van der Waals surface area contributed by atoms with Gasteiger partial charge in [-0.05, 0) is 30.9 Å². The van der Waals surface area contributed by atoms with E-state index in [2.05, 4.69) is 24.1 Å². The van der Waals surface area contributed by atoms with Crippen LogP contribution in [0.5, 0.6) is 0 Å². The number of carbonyl (C=O) groups excluding carboxylic acids is 2. The van der Waals surface area contributed by atoms with Crippen molar-refractivity contribution in [2.75, 3.05) is 5.32 Å². The Morgan fingerprint density at radius 2 is 2.18 bits per heavy atom. The first-order valence-corrected chi connectivity index (χ1v) is 7.70. The largest absolute Gasteiger partial charge is 0.449 e. The molecule has 2 aromatic rings. The summed E-state index contributed by atoms with van der Waals surface area (Å²) < 4.78 is 5.40. The molecule has 2 aromatic heterocycles. The quantitative estimate of drug-likeness (QED) is 0.783. The van der Waals surface area contributed by atoms with Gasteiger partial charge in [-0.15, -0.1) is 0 Å². The van der Waals surface area contributed by atoms with Crippen molar-refractivity contribution in [3.63, 3.8) is 0 Å². The molecule has 0 saturated heterocycles. The van der Waals surface area contributed by atoms with Gasteiger partial charge in [0.1, 0.15) is 11.2 Å². The number of anilines is 1. The zero-order chi connectivity index (χ0) is 16.1. The molecule has 5 nitrogen and oxygen atoms in total. The maximum absolute atomic E-state index is 12.3. The van der Waals surface area contributed by atoms with Crippen LogP contribution in [0, 0.1) is 11.8 Å². The molecule has 22 heavy (non-hydrogen) atoms. The topological polar surface area (TPSA) is 72.2 Å². The average Bonchev–Trinajstić information content (AvgIpc) is 2.90. The molecule has 0 bridgehead atoms. The highest BCUT2D eigenvalue weighted by Crippen LogP contribution is 2.28. The van der Waals surface area contributed by atoms with E-state index < -0.39 is 0 Å². The molecule has 2 heterocycles. The van der Waals surface area contributed by atoms with Crippen LogP contribution in [0.3, 0.4) is 0 Å². The Morgan fingerprint density at radius 1 is 1.41 bits per heavy atom. The van der Waals surface area contributed by atoms with Crippen molar-refractivity contribution in [1.82, 2.24) is 4.98 Å². The second-order valence-electron chi connectivity index (χ2n) is 5.79. The number of hydrogen-bond donors (Lipinski definition) is 1. The van der Waals surface area contributed by atoms with Crippen LogP contribution in [-0.4, -0.2) is 17.2 Å². The Bertz CT molecular complexity index is 663. The number of aldehydes is 1. The number of pyridine rings is 1. The molecule has 0 spiro atoms. The number of nitrogens with one attached hydrogen (secondary N) is 1. The van der Waals surface area contributed by atoms with Gasteiger partial charge in [0.2, 0.25) is 5.91 Å². The Kier molecular flexibility index (Phi) is 5.31. The van der Waals surface area contributed by atoms with Gasteiger partial charge in [0.25, 0.3) is 0 Å². The van der Waals surface area contributed by atoms with Crippen LogP contribution in [-0.2, 0) is 4.79 Å². The minimum absolute atomic E-state index is 0.108. The SMILES string of the molecule is CCC(C)CC[C@H](C)C(=O)Nc1c(C=O)oc2cccnc12. The maximum Gasteiger partial charge on any atom is 0.227 e. The Labute approximate surface area is 130 Å². The lowest BCUT2D eigenvalue weighted by molar-refractivity contribution is -0.119. The summed E-state index contributed by atoms with van der Waals surface area (Å²) in [6.45, 7) is 6.23. The molecule has 0 aliphatic heterocycles. The maximum atomic E-state index is 12.3. The molecule has 0 aliphatic carbocycles. The number of fused-ring (bicyclic) bond motifs is 1. The minimum Gasteiger partial charge on any atom is -0.449 e. The van der Waals surface area contributed by atoms with Crippen molar-refractivity contribution in [3.8, 4) is 0 Å². The van der Waals surface area contributed by atoms with Gasteiger partial charge in [0, 0.05) is 12.1 Å². The second-order valence-corrected chi connectivity index (χ2v) is 5.79. The highest BCUT2D eigenvalue weighted by atomic mass is 16.3. The highest BCUT2D eigenvalue weighted by molar-refractivity contribution is 6.05. The molecule has 0 radical (unpaired) electrons. The van der Waals surface area contributed by atoms with Gasteiger partial charge in [-0.25, -0.2) is 0 Å². The van der Waals surface area contributed by atoms with E-state index in [4.69, 9.17) is 4.42 Å². The predicted octanol–water partition coefficient (Wildman–Crippen LogP) is 4.04. The van der Waals surface area contributed by atoms with Crippen molar-refractivity contribution in [2.24, 2.45) is 11.8 Å². The van der Waals surface area contributed by atoms with Crippen molar-refractivity contribution in [2.45, 2.75) is 40.0 Å². The molecule has 118 valence electrons. The van der Waals surface area contributed by atoms with E-state index in [1.165, 1.54) is 0 Å². The molecule has 2 atom stereocenters. The molecule has 0 aromatic carbocycles. The van der Waals surface area contributed by atoms with Crippen LogP contribution in [0.25, 0.3) is 11.1 Å². The standard InChI is InChI=1S/C17H22N2O3/c1-4-11(2)7-8-12(3)17(21)19-16-14(10-20)22-13-6-5-9-18-15(13)16/h5-6,9-12H,4,7-8H2,1-3H3,(H,19,21)/t11?,12-/m0/s1. The number of furan rings is 1. The predicted molar refractivity (Wildman–Crippen MR) is 85.9 cm³/mol. The third-order valence-electron chi connectivity index (χ3n) is 4.07. The summed E-state index contributed by atoms with van der Waals surface area (Å²) in [4.78, 5) is 27.6. The first-order valence-electron chi connectivity index (χ1n) is 7.70. The van der Waals surface area contributed by atoms with Gasteiger partial charge in [-0.1, -0.05) is 27.2 Å². The van der Waals surface area contributed by atoms with Gasteiger partial charge in [-0.3, -0.25) is 14.6 Å². The molecule has 1 amide bonds. The van der Waals surface area contributed by atoms with E-state index in [1.54, 1.807) is 18.3 Å². The van der Waals surface area contributed by atoms with Crippen molar-refractivity contribution in [1.29, 1.82) is 0 Å². The minimum atomic E-state index is -0.123. The van der Waals surface area contributed by atoms with Crippen LogP contribution < -0.4 is 5.32 Å². The van der Waals surface area contributed by atoms with Crippen molar-refractivity contribution < 1.29 is 14.0 Å². The van der Waals surface area contributed by atoms with Gasteiger partial charge in [-0.2, -0.15) is 0 Å². The summed E-state index contributed by atoms with van der Waals surface area (Å²) in [5.74, 6) is 0.482. The molecule has 5 heteroatoms. The molecular weight excluding hydrogens is 280 g/mol. The number of amides is 1. The zero-order valence-electron chi connectivity index (χ0n) is 13.3. The van der Waals surface area contributed by atoms with E-state index in [1.807, 2.05) is 6.92 Å². The zero-order valence-corrected chi connectivity index (χ0v) is 13.3. The fourth-order valence-corrected chi connectivity index (χ4v) is 2.27. The number of aromatic nitrogens is 1. The molecule has 1 N–H and O–H groups in total. The molecule has 2 rings (SSSR count). The van der Waals surface area contributed by atoms with Crippen LogP contribution in [0.15, 0.2) is 22.7 Å². The summed E-state index contributed by atoms with van der Waals surface area (Å²) in [6, 6.07) is 3.44. The van der Waals surface area contributed by atoms with Crippen LogP contribution in [0.1, 0.15) is 50.6 Å². The number of nitrogens with zero attached hydrogens (tertiary/aromatic N) is 1. The lowest BCUT2D eigenvalue weighted by Crippen LogP contribution is -2.21. The number of hydrogen-bond acceptors (Lipinski definition) is 4. The molecule has 0 fully saturated rings. The number of rotatable bonds is 7. The Morgan fingerprint density at radius 3 is 2.86 bits per heavy atom. The molecule has 1 unspecified atom stereocenters. The Balaban J connectivity index is 2.12. The lowest BCUT2D eigenvalue weighted by atomic mass is 9.96. The first kappa shape index (κ1) is 16.2. The smallest absolute Gasteiger partial charge is 0.227 e. The van der Waals surface area contributed by atoms with E-state index in [9.17, 15) is 9.59 Å². The fraction of sp³-hybridized carbons (Fsp3) is 0.471. The second kappa shape index (κ2) is 7.20. The summed E-state index contributed by atoms with van der Waals surface area (Å²) in [6.07, 6.45) is 5.14. The summed E-state index contributed by atoms with van der Waals surface area (Å²) in [5.41, 5.74) is 1.37. The Hall–Kier alpha value is -2.17. The third-order valence-corrected chi connectivity index (χ3v) is 4.07. The van der Waals surface area contributed by atoms with E-state index >= 15 is 0 Å². The van der Waals surface area contributed by atoms with E-state index in [-0.39, 0.29) is 17.6 Å². The molecule has 0 aliphatic rings.